The molecule has 2 atom stereocenters. The summed E-state index contributed by atoms with van der Waals surface area (Å²) in [5.41, 5.74) is -0.703. The van der Waals surface area contributed by atoms with Crippen molar-refractivity contribution < 1.29 is 9.59 Å². The van der Waals surface area contributed by atoms with Crippen LogP contribution in [0.1, 0.15) is 38.1 Å². The molecule has 1 aliphatic heterocycles. The molecule has 2 fully saturated rings. The lowest BCUT2D eigenvalue weighted by molar-refractivity contribution is -0.155. The van der Waals surface area contributed by atoms with Gasteiger partial charge in [-0.2, -0.15) is 0 Å². The van der Waals surface area contributed by atoms with Gasteiger partial charge >= 0.3 is 0 Å². The molecule has 0 radical (unpaired) electrons. The number of piperazine rings is 1. The lowest BCUT2D eigenvalue weighted by Gasteiger charge is -2.44. The highest BCUT2D eigenvalue weighted by atomic mass is 32.1. The lowest BCUT2D eigenvalue weighted by atomic mass is 9.88. The highest BCUT2D eigenvalue weighted by Gasteiger charge is 2.54. The number of thiazole rings is 1. The van der Waals surface area contributed by atoms with Crippen molar-refractivity contribution in [2.45, 2.75) is 51.1 Å². The first-order valence-corrected chi connectivity index (χ1v) is 8.45. The minimum Gasteiger partial charge on any atom is -0.340 e. The molecule has 5 nitrogen and oxygen atoms in total. The van der Waals surface area contributed by atoms with Crippen molar-refractivity contribution in [3.8, 4) is 0 Å². The van der Waals surface area contributed by atoms with Crippen LogP contribution in [-0.4, -0.2) is 39.8 Å². The van der Waals surface area contributed by atoms with E-state index in [1.807, 2.05) is 19.2 Å². The van der Waals surface area contributed by atoms with Gasteiger partial charge in [-0.25, -0.2) is 4.98 Å². The third-order valence-corrected chi connectivity index (χ3v) is 5.44. The number of carbonyl (C=O) groups excluding carboxylic acids is 2. The second kappa shape index (κ2) is 5.40. The quantitative estimate of drug-likeness (QED) is 0.898. The van der Waals surface area contributed by atoms with Crippen LogP contribution in [0.25, 0.3) is 0 Å². The second-order valence-electron chi connectivity index (χ2n) is 6.06. The molecule has 3 rings (SSSR count). The Balaban J connectivity index is 1.79. The van der Waals surface area contributed by atoms with Crippen LogP contribution in [0.2, 0.25) is 0 Å². The van der Waals surface area contributed by atoms with Gasteiger partial charge in [-0.15, -0.1) is 11.3 Å². The van der Waals surface area contributed by atoms with Crippen LogP contribution in [-0.2, 0) is 16.0 Å². The minimum absolute atomic E-state index is 0.00867. The maximum absolute atomic E-state index is 12.9. The molecule has 2 heterocycles. The first kappa shape index (κ1) is 14.5. The first-order chi connectivity index (χ1) is 10.1. The molecule has 1 saturated heterocycles. The van der Waals surface area contributed by atoms with Gasteiger partial charge in [0.25, 0.3) is 0 Å². The third kappa shape index (κ3) is 2.57. The van der Waals surface area contributed by atoms with Crippen LogP contribution in [0.5, 0.6) is 0 Å². The summed E-state index contributed by atoms with van der Waals surface area (Å²) in [6, 6.07) is -0.343. The van der Waals surface area contributed by atoms with E-state index in [1.54, 1.807) is 22.4 Å². The summed E-state index contributed by atoms with van der Waals surface area (Å²) < 4.78 is 0. The van der Waals surface area contributed by atoms with Crippen LogP contribution in [0.4, 0.5) is 0 Å². The van der Waals surface area contributed by atoms with Crippen molar-refractivity contribution in [3.05, 3.63) is 16.6 Å². The van der Waals surface area contributed by atoms with Gasteiger partial charge < -0.3 is 10.2 Å². The molecule has 6 heteroatoms. The van der Waals surface area contributed by atoms with Crippen molar-refractivity contribution >= 4 is 23.2 Å². The van der Waals surface area contributed by atoms with Crippen molar-refractivity contribution in [2.75, 3.05) is 6.54 Å². The predicted octanol–water partition coefficient (Wildman–Crippen LogP) is 1.59. The fourth-order valence-corrected chi connectivity index (χ4v) is 3.78. The number of hydrogen-bond acceptors (Lipinski definition) is 4. The Kier molecular flexibility index (Phi) is 3.73. The zero-order valence-electron chi connectivity index (χ0n) is 12.5. The molecule has 1 aromatic rings. The molecule has 21 heavy (non-hydrogen) atoms. The van der Waals surface area contributed by atoms with E-state index < -0.39 is 5.54 Å². The number of amides is 2. The van der Waals surface area contributed by atoms with Gasteiger partial charge in [0.15, 0.2) is 0 Å². The van der Waals surface area contributed by atoms with E-state index in [4.69, 9.17) is 0 Å². The van der Waals surface area contributed by atoms with Gasteiger partial charge in [-0.05, 0) is 32.1 Å². The van der Waals surface area contributed by atoms with Crippen LogP contribution < -0.4 is 5.32 Å². The lowest BCUT2D eigenvalue weighted by Crippen LogP contribution is -2.70. The molecule has 1 saturated carbocycles. The number of nitrogens with one attached hydrogen (secondary N) is 1. The molecular formula is C15H21N3O2S. The maximum atomic E-state index is 12.9. The van der Waals surface area contributed by atoms with Crippen molar-refractivity contribution in [3.63, 3.8) is 0 Å². The summed E-state index contributed by atoms with van der Waals surface area (Å²) in [6.07, 6.45) is 5.19. The average Bonchev–Trinajstić information content (AvgIpc) is 3.20. The van der Waals surface area contributed by atoms with Gasteiger partial charge in [-0.3, -0.25) is 9.59 Å². The molecule has 0 spiro atoms. The number of carbonyl (C=O) groups is 2. The molecule has 114 valence electrons. The number of nitrogens with zero attached hydrogens (tertiary/aromatic N) is 2. The van der Waals surface area contributed by atoms with E-state index in [-0.39, 0.29) is 17.9 Å². The van der Waals surface area contributed by atoms with Gasteiger partial charge in [0, 0.05) is 24.5 Å². The van der Waals surface area contributed by atoms with Crippen LogP contribution in [0, 0.1) is 5.92 Å². The van der Waals surface area contributed by atoms with E-state index in [0.29, 0.717) is 25.3 Å². The highest BCUT2D eigenvalue weighted by Crippen LogP contribution is 2.42. The first-order valence-electron chi connectivity index (χ1n) is 7.57. The summed E-state index contributed by atoms with van der Waals surface area (Å²) in [4.78, 5) is 31.3. The standard InChI is InChI=1S/C15H21N3O2S/c1-3-11-13(19)17-15(2,10-4-5-10)14(20)18(11)8-6-12-16-7-9-21-12/h7,9-11H,3-6,8H2,1-2H3,(H,17,19). The Morgan fingerprint density at radius 3 is 2.81 bits per heavy atom. The zero-order chi connectivity index (χ0) is 15.0. The molecule has 2 amide bonds. The number of hydrogen-bond donors (Lipinski definition) is 1. The Morgan fingerprint density at radius 1 is 1.48 bits per heavy atom. The normalized spacial score (nSPS) is 29.6. The zero-order valence-corrected chi connectivity index (χ0v) is 13.3. The molecule has 2 unspecified atom stereocenters. The summed E-state index contributed by atoms with van der Waals surface area (Å²) >= 11 is 1.59. The topological polar surface area (TPSA) is 62.3 Å². The van der Waals surface area contributed by atoms with Gasteiger partial charge in [0.2, 0.25) is 11.8 Å². The summed E-state index contributed by atoms with van der Waals surface area (Å²) in [7, 11) is 0. The third-order valence-electron chi connectivity index (χ3n) is 4.60. The number of aromatic nitrogens is 1. The largest absolute Gasteiger partial charge is 0.340 e. The Hall–Kier alpha value is -1.43. The van der Waals surface area contributed by atoms with Crippen molar-refractivity contribution in [1.82, 2.24) is 15.2 Å². The molecule has 2 aliphatic rings. The Bertz CT molecular complexity index is 541. The van der Waals surface area contributed by atoms with Crippen LogP contribution >= 0.6 is 11.3 Å². The minimum atomic E-state index is -0.703. The Morgan fingerprint density at radius 2 is 2.24 bits per heavy atom. The smallest absolute Gasteiger partial charge is 0.249 e. The molecule has 1 aromatic heterocycles. The second-order valence-corrected chi connectivity index (χ2v) is 7.04. The fourth-order valence-electron chi connectivity index (χ4n) is 3.17. The van der Waals surface area contributed by atoms with E-state index in [9.17, 15) is 9.59 Å². The molecule has 0 bridgehead atoms. The van der Waals surface area contributed by atoms with Gasteiger partial charge in [0.05, 0.1) is 5.01 Å². The van der Waals surface area contributed by atoms with Crippen LogP contribution in [0.3, 0.4) is 0 Å². The van der Waals surface area contributed by atoms with Crippen molar-refractivity contribution in [1.29, 1.82) is 0 Å². The van der Waals surface area contributed by atoms with E-state index in [1.165, 1.54) is 0 Å². The average molecular weight is 307 g/mol. The maximum Gasteiger partial charge on any atom is 0.249 e. The summed E-state index contributed by atoms with van der Waals surface area (Å²) in [5.74, 6) is 0.368. The molecule has 0 aromatic carbocycles. The SMILES string of the molecule is CCC1C(=O)NC(C)(C2CC2)C(=O)N1CCc1nccs1. The highest BCUT2D eigenvalue weighted by molar-refractivity contribution is 7.09. The summed E-state index contributed by atoms with van der Waals surface area (Å²) in [5, 5.41) is 5.93. The monoisotopic (exact) mass is 307 g/mol. The molecule has 1 N–H and O–H groups in total. The summed E-state index contributed by atoms with van der Waals surface area (Å²) in [6.45, 7) is 4.40. The van der Waals surface area contributed by atoms with E-state index in [2.05, 4.69) is 10.3 Å². The van der Waals surface area contributed by atoms with E-state index >= 15 is 0 Å². The van der Waals surface area contributed by atoms with E-state index in [0.717, 1.165) is 17.8 Å². The fraction of sp³-hybridized carbons (Fsp3) is 0.667. The number of rotatable bonds is 5. The molecular weight excluding hydrogens is 286 g/mol. The molecule has 1 aliphatic carbocycles. The van der Waals surface area contributed by atoms with Gasteiger partial charge in [-0.1, -0.05) is 6.92 Å². The van der Waals surface area contributed by atoms with Gasteiger partial charge in [0.1, 0.15) is 11.6 Å². The van der Waals surface area contributed by atoms with Crippen LogP contribution in [0.15, 0.2) is 11.6 Å². The Labute approximate surface area is 128 Å². The predicted molar refractivity (Wildman–Crippen MR) is 80.9 cm³/mol. The van der Waals surface area contributed by atoms with Crippen molar-refractivity contribution in [2.24, 2.45) is 5.92 Å².